The van der Waals surface area contributed by atoms with E-state index in [0.29, 0.717) is 17.1 Å². The van der Waals surface area contributed by atoms with E-state index in [4.69, 9.17) is 9.47 Å². The zero-order valence-corrected chi connectivity index (χ0v) is 17.4. The normalized spacial score (nSPS) is 11.0. The molecule has 3 rings (SSSR count). The average molecular weight is 431 g/mol. The van der Waals surface area contributed by atoms with Crippen molar-refractivity contribution in [3.63, 3.8) is 0 Å². The highest BCUT2D eigenvalue weighted by Gasteiger charge is 2.14. The Morgan fingerprint density at radius 3 is 2.61 bits per heavy atom. The van der Waals surface area contributed by atoms with Crippen molar-refractivity contribution in [2.24, 2.45) is 0 Å². The van der Waals surface area contributed by atoms with Crippen molar-refractivity contribution in [2.75, 3.05) is 25.8 Å². The summed E-state index contributed by atoms with van der Waals surface area (Å²) in [6, 6.07) is 6.84. The van der Waals surface area contributed by atoms with E-state index in [-0.39, 0.29) is 24.0 Å². The summed E-state index contributed by atoms with van der Waals surface area (Å²) in [5, 5.41) is 3.03. The highest BCUT2D eigenvalue weighted by Crippen LogP contribution is 2.28. The van der Waals surface area contributed by atoms with E-state index in [0.717, 1.165) is 11.4 Å². The van der Waals surface area contributed by atoms with Crippen LogP contribution in [0.5, 0.6) is 5.75 Å². The van der Waals surface area contributed by atoms with E-state index >= 15 is 0 Å². The van der Waals surface area contributed by atoms with Gasteiger partial charge in [-0.25, -0.2) is 23.7 Å². The van der Waals surface area contributed by atoms with Gasteiger partial charge in [0.05, 0.1) is 37.1 Å². The zero-order valence-electron chi connectivity index (χ0n) is 17.4. The number of alkyl halides is 2. The van der Waals surface area contributed by atoms with Gasteiger partial charge in [0.2, 0.25) is 5.95 Å². The predicted octanol–water partition coefficient (Wildman–Crippen LogP) is 3.75. The predicted molar refractivity (Wildman–Crippen MR) is 111 cm³/mol. The molecule has 0 amide bonds. The molecule has 8 nitrogen and oxygen atoms in total. The number of ketones is 1. The van der Waals surface area contributed by atoms with E-state index < -0.39 is 19.5 Å². The Hall–Kier alpha value is -3.40. The molecule has 0 saturated carbocycles. The van der Waals surface area contributed by atoms with Crippen molar-refractivity contribution >= 4 is 17.4 Å². The molecule has 2 heterocycles. The molecule has 0 fully saturated rings. The third-order valence-corrected chi connectivity index (χ3v) is 4.38. The molecule has 0 aliphatic carbocycles. The number of aryl methyl sites for hydroxylation is 1. The average Bonchev–Trinajstić information content (AvgIpc) is 3.20. The molecule has 0 bridgehead atoms. The smallest absolute Gasteiger partial charge is 0.228 e. The van der Waals surface area contributed by atoms with Gasteiger partial charge in [-0.3, -0.25) is 4.79 Å². The summed E-state index contributed by atoms with van der Waals surface area (Å²) < 4.78 is 37.9. The van der Waals surface area contributed by atoms with Gasteiger partial charge < -0.3 is 19.4 Å². The minimum absolute atomic E-state index is 0.150. The number of benzene rings is 1. The number of aromatic nitrogens is 4. The molecule has 0 radical (unpaired) electrons. The van der Waals surface area contributed by atoms with Crippen LogP contribution in [0.3, 0.4) is 0 Å². The lowest BCUT2D eigenvalue weighted by Crippen LogP contribution is -2.18. The van der Waals surface area contributed by atoms with Crippen LogP contribution in [0.15, 0.2) is 36.8 Å². The molecular formula is C21H23F2N5O3. The maximum absolute atomic E-state index is 12.7. The van der Waals surface area contributed by atoms with Gasteiger partial charge in [-0.1, -0.05) is 0 Å². The summed E-state index contributed by atoms with van der Waals surface area (Å²) in [4.78, 5) is 24.6. The van der Waals surface area contributed by atoms with E-state index in [2.05, 4.69) is 20.3 Å². The van der Waals surface area contributed by atoms with Crippen LogP contribution in [0, 0.1) is 6.92 Å². The minimum Gasteiger partial charge on any atom is -0.494 e. The second kappa shape index (κ2) is 10.1. The highest BCUT2D eigenvalue weighted by molar-refractivity contribution is 5.92. The highest BCUT2D eigenvalue weighted by atomic mass is 19.1. The molecule has 0 spiro atoms. The van der Waals surface area contributed by atoms with Crippen LogP contribution in [0.2, 0.25) is 0 Å². The molecule has 0 atom stereocenters. The Morgan fingerprint density at radius 2 is 2.00 bits per heavy atom. The van der Waals surface area contributed by atoms with E-state index in [9.17, 15) is 13.6 Å². The van der Waals surface area contributed by atoms with Gasteiger partial charge in [-0.2, -0.15) is 0 Å². The summed E-state index contributed by atoms with van der Waals surface area (Å²) in [6.07, 6.45) is 2.39. The largest absolute Gasteiger partial charge is 0.494 e. The lowest BCUT2D eigenvalue weighted by atomic mass is 10.2. The van der Waals surface area contributed by atoms with E-state index in [1.165, 1.54) is 13.0 Å². The molecule has 1 aromatic carbocycles. The second-order valence-electron chi connectivity index (χ2n) is 6.80. The summed E-state index contributed by atoms with van der Waals surface area (Å²) in [7, 11) is 1.56. The zero-order chi connectivity index (χ0) is 22.4. The van der Waals surface area contributed by atoms with Crippen molar-refractivity contribution < 1.29 is 23.0 Å². The Morgan fingerprint density at radius 1 is 1.23 bits per heavy atom. The van der Waals surface area contributed by atoms with E-state index in [1.54, 1.807) is 25.6 Å². The standard InChI is InChI=1S/C21H23F2N5O3/c1-13-10-28(12-24-13)19-5-4-15(7-20(19)30-3)25-21-26-16(6-18(27-21)14(2)29)11-31-17(8-22)9-23/h4-7,10,12,17H,8-9,11H2,1-3H3,(H,25,26,27). The topological polar surface area (TPSA) is 91.2 Å². The van der Waals surface area contributed by atoms with Gasteiger partial charge >= 0.3 is 0 Å². The van der Waals surface area contributed by atoms with E-state index in [1.807, 2.05) is 23.8 Å². The van der Waals surface area contributed by atoms with Crippen molar-refractivity contribution in [2.45, 2.75) is 26.6 Å². The van der Waals surface area contributed by atoms with Crippen LogP contribution in [-0.4, -0.2) is 51.9 Å². The molecule has 0 saturated heterocycles. The van der Waals surface area contributed by atoms with Crippen molar-refractivity contribution in [1.82, 2.24) is 19.5 Å². The SMILES string of the molecule is COc1cc(Nc2nc(COC(CF)CF)cc(C(C)=O)n2)ccc1-n1cnc(C)c1. The summed E-state index contributed by atoms with van der Waals surface area (Å²) in [6.45, 7) is 1.21. The van der Waals surface area contributed by atoms with Gasteiger partial charge in [0.25, 0.3) is 0 Å². The fourth-order valence-electron chi connectivity index (χ4n) is 2.79. The van der Waals surface area contributed by atoms with Crippen molar-refractivity contribution in [1.29, 1.82) is 0 Å². The summed E-state index contributed by atoms with van der Waals surface area (Å²) >= 11 is 0. The fraction of sp³-hybridized carbons (Fsp3) is 0.333. The number of halogens is 2. The van der Waals surface area contributed by atoms with Crippen LogP contribution < -0.4 is 10.1 Å². The van der Waals surface area contributed by atoms with Gasteiger partial charge in [-0.15, -0.1) is 0 Å². The van der Waals surface area contributed by atoms with Crippen molar-refractivity contribution in [3.05, 3.63) is 53.9 Å². The number of methoxy groups -OCH3 is 1. The minimum atomic E-state index is -1.17. The molecule has 31 heavy (non-hydrogen) atoms. The number of anilines is 2. The van der Waals surface area contributed by atoms with Gasteiger partial charge in [-0.05, 0) is 25.1 Å². The maximum Gasteiger partial charge on any atom is 0.228 e. The molecule has 10 heteroatoms. The molecule has 2 aromatic heterocycles. The lowest BCUT2D eigenvalue weighted by molar-refractivity contribution is 0.00763. The molecular weight excluding hydrogens is 408 g/mol. The number of nitrogens with one attached hydrogen (secondary N) is 1. The monoisotopic (exact) mass is 431 g/mol. The molecule has 1 N–H and O–H groups in total. The van der Waals surface area contributed by atoms with Crippen LogP contribution >= 0.6 is 0 Å². The van der Waals surface area contributed by atoms with Gasteiger partial charge in [0.15, 0.2) is 5.78 Å². The second-order valence-corrected chi connectivity index (χ2v) is 6.80. The molecule has 0 aliphatic heterocycles. The number of hydrogen-bond acceptors (Lipinski definition) is 7. The summed E-state index contributed by atoms with van der Waals surface area (Å²) in [5.74, 6) is 0.460. The number of Topliss-reactive ketones (excluding diaryl/α,β-unsaturated/α-hetero) is 1. The summed E-state index contributed by atoms with van der Waals surface area (Å²) in [5.41, 5.74) is 2.77. The van der Waals surface area contributed by atoms with Crippen LogP contribution in [0.4, 0.5) is 20.4 Å². The molecule has 0 unspecified atom stereocenters. The number of ether oxygens (including phenoxy) is 2. The number of carbonyl (C=O) groups is 1. The maximum atomic E-state index is 12.7. The first kappa shape index (κ1) is 22.3. The number of imidazole rings is 1. The Kier molecular flexibility index (Phi) is 7.24. The van der Waals surface area contributed by atoms with Crippen LogP contribution in [0.1, 0.15) is 28.8 Å². The molecule has 3 aromatic rings. The quantitative estimate of drug-likeness (QED) is 0.489. The Labute approximate surface area is 178 Å². The number of rotatable bonds is 10. The third kappa shape index (κ3) is 5.60. The number of nitrogens with zero attached hydrogens (tertiary/aromatic N) is 4. The first-order chi connectivity index (χ1) is 14.9. The Balaban J connectivity index is 1.86. The van der Waals surface area contributed by atoms with Crippen LogP contribution in [-0.2, 0) is 11.3 Å². The number of hydrogen-bond donors (Lipinski definition) is 1. The molecule has 0 aliphatic rings. The van der Waals surface area contributed by atoms with Gasteiger partial charge in [0, 0.05) is 24.9 Å². The first-order valence-electron chi connectivity index (χ1n) is 9.52. The third-order valence-electron chi connectivity index (χ3n) is 4.38. The lowest BCUT2D eigenvalue weighted by Gasteiger charge is -2.14. The van der Waals surface area contributed by atoms with Crippen LogP contribution in [0.25, 0.3) is 5.69 Å². The Bertz CT molecular complexity index is 1050. The molecule has 164 valence electrons. The van der Waals surface area contributed by atoms with Crippen molar-refractivity contribution in [3.8, 4) is 11.4 Å². The van der Waals surface area contributed by atoms with Gasteiger partial charge in [0.1, 0.15) is 30.9 Å². The first-order valence-corrected chi connectivity index (χ1v) is 9.52. The number of carbonyl (C=O) groups excluding carboxylic acids is 1. The fourth-order valence-corrected chi connectivity index (χ4v) is 2.79.